The number of carbonyl (C=O) groups excluding carboxylic acids is 2. The van der Waals surface area contributed by atoms with Crippen molar-refractivity contribution in [2.75, 3.05) is 19.6 Å². The van der Waals surface area contributed by atoms with Crippen molar-refractivity contribution < 1.29 is 9.59 Å². The van der Waals surface area contributed by atoms with E-state index in [9.17, 15) is 9.59 Å². The molecule has 0 aromatic heterocycles. The second-order valence-corrected chi connectivity index (χ2v) is 6.46. The number of piperidine rings is 1. The van der Waals surface area contributed by atoms with E-state index < -0.39 is 5.54 Å². The predicted molar refractivity (Wildman–Crippen MR) is 84.4 cm³/mol. The third-order valence-electron chi connectivity index (χ3n) is 5.04. The molecule has 22 heavy (non-hydrogen) atoms. The summed E-state index contributed by atoms with van der Waals surface area (Å²) in [5.74, 6) is 0.0344. The van der Waals surface area contributed by atoms with Gasteiger partial charge in [0.15, 0.2) is 0 Å². The van der Waals surface area contributed by atoms with Gasteiger partial charge < -0.3 is 10.2 Å². The number of hydrogen-bond donors (Lipinski definition) is 2. The number of nitrogens with zero attached hydrogens (tertiary/aromatic N) is 1. The fourth-order valence-corrected chi connectivity index (χ4v) is 3.51. The zero-order chi connectivity index (χ0) is 15.6. The first kappa shape index (κ1) is 15.0. The summed E-state index contributed by atoms with van der Waals surface area (Å²) >= 11 is 0. The second-order valence-electron chi connectivity index (χ2n) is 6.46. The van der Waals surface area contributed by atoms with Crippen LogP contribution in [0.3, 0.4) is 0 Å². The molecule has 0 spiro atoms. The van der Waals surface area contributed by atoms with E-state index in [2.05, 4.69) is 39.8 Å². The Hall–Kier alpha value is -1.88. The molecular formula is C17H23N3O2. The molecule has 1 unspecified atom stereocenters. The molecule has 0 bridgehead atoms. The maximum atomic E-state index is 12.0. The zero-order valence-corrected chi connectivity index (χ0v) is 13.0. The number of carbonyl (C=O) groups is 2. The molecule has 3 rings (SSSR count). The largest absolute Gasteiger partial charge is 0.323 e. The molecule has 0 saturated carbocycles. The summed E-state index contributed by atoms with van der Waals surface area (Å²) in [4.78, 5) is 25.8. The van der Waals surface area contributed by atoms with Crippen LogP contribution in [0.2, 0.25) is 0 Å². The summed E-state index contributed by atoms with van der Waals surface area (Å²) in [5, 5.41) is 5.16. The predicted octanol–water partition coefficient (Wildman–Crippen LogP) is 1.54. The highest BCUT2D eigenvalue weighted by molar-refractivity contribution is 6.06. The Balaban J connectivity index is 1.50. The molecule has 1 aromatic carbocycles. The third kappa shape index (κ3) is 2.99. The Morgan fingerprint density at radius 1 is 1.18 bits per heavy atom. The highest BCUT2D eigenvalue weighted by Crippen LogP contribution is 2.30. The SMILES string of the molecule is CC1(C2CCN(CCc3ccccc3)CC2)NC(=O)NC1=O. The number of imide groups is 1. The van der Waals surface area contributed by atoms with E-state index in [4.69, 9.17) is 0 Å². The molecule has 3 amide bonds. The quantitative estimate of drug-likeness (QED) is 0.829. The molecule has 2 N–H and O–H groups in total. The van der Waals surface area contributed by atoms with Gasteiger partial charge in [-0.3, -0.25) is 10.1 Å². The smallest absolute Gasteiger partial charge is 0.322 e. The summed E-state index contributed by atoms with van der Waals surface area (Å²) in [6.45, 7) is 4.86. The molecule has 118 valence electrons. The topological polar surface area (TPSA) is 61.4 Å². The third-order valence-corrected chi connectivity index (χ3v) is 5.04. The lowest BCUT2D eigenvalue weighted by molar-refractivity contribution is -0.125. The van der Waals surface area contributed by atoms with E-state index >= 15 is 0 Å². The number of hydrogen-bond acceptors (Lipinski definition) is 3. The Kier molecular flexibility index (Phi) is 4.16. The molecule has 2 aliphatic rings. The van der Waals surface area contributed by atoms with Crippen LogP contribution < -0.4 is 10.6 Å². The van der Waals surface area contributed by atoms with E-state index in [1.54, 1.807) is 0 Å². The van der Waals surface area contributed by atoms with E-state index in [1.165, 1.54) is 5.56 Å². The Morgan fingerprint density at radius 2 is 1.86 bits per heavy atom. The average Bonchev–Trinajstić information content (AvgIpc) is 2.80. The van der Waals surface area contributed by atoms with E-state index in [1.807, 2.05) is 13.0 Å². The molecule has 5 heteroatoms. The van der Waals surface area contributed by atoms with Gasteiger partial charge >= 0.3 is 6.03 Å². The summed E-state index contributed by atoms with van der Waals surface area (Å²) in [7, 11) is 0. The van der Waals surface area contributed by atoms with E-state index in [0.717, 1.165) is 38.9 Å². The van der Waals surface area contributed by atoms with Gasteiger partial charge in [0.1, 0.15) is 5.54 Å². The monoisotopic (exact) mass is 301 g/mol. The minimum absolute atomic E-state index is 0.180. The summed E-state index contributed by atoms with van der Waals surface area (Å²) in [5.41, 5.74) is 0.627. The number of rotatable bonds is 4. The number of nitrogens with one attached hydrogen (secondary N) is 2. The van der Waals surface area contributed by atoms with Crippen LogP contribution in [0, 0.1) is 5.92 Å². The molecule has 5 nitrogen and oxygen atoms in total. The molecule has 2 saturated heterocycles. The van der Waals surface area contributed by atoms with Gasteiger partial charge in [0.2, 0.25) is 0 Å². The van der Waals surface area contributed by atoms with Gasteiger partial charge in [-0.1, -0.05) is 30.3 Å². The number of urea groups is 1. The van der Waals surface area contributed by atoms with Gasteiger partial charge in [0.25, 0.3) is 5.91 Å². The number of likely N-dealkylation sites (tertiary alicyclic amines) is 1. The first-order valence-corrected chi connectivity index (χ1v) is 7.98. The minimum Gasteiger partial charge on any atom is -0.323 e. The summed E-state index contributed by atoms with van der Waals surface area (Å²) in [6.07, 6.45) is 2.94. The Morgan fingerprint density at radius 3 is 2.45 bits per heavy atom. The van der Waals surface area contributed by atoms with Crippen LogP contribution >= 0.6 is 0 Å². The standard InChI is InChI=1S/C17H23N3O2/c1-17(15(21)18-16(22)19-17)14-8-11-20(12-9-14)10-7-13-5-3-2-4-6-13/h2-6,14H,7-12H2,1H3,(H2,18,19,21,22). The van der Waals surface area contributed by atoms with E-state index in [-0.39, 0.29) is 17.9 Å². The molecule has 2 heterocycles. The van der Waals surface area contributed by atoms with Crippen LogP contribution in [0.25, 0.3) is 0 Å². The fourth-order valence-electron chi connectivity index (χ4n) is 3.51. The summed E-state index contributed by atoms with van der Waals surface area (Å²) in [6, 6.07) is 10.1. The highest BCUT2D eigenvalue weighted by atomic mass is 16.2. The molecule has 0 radical (unpaired) electrons. The van der Waals surface area contributed by atoms with Crippen LogP contribution in [0.1, 0.15) is 25.3 Å². The van der Waals surface area contributed by atoms with Gasteiger partial charge in [0.05, 0.1) is 0 Å². The lowest BCUT2D eigenvalue weighted by atomic mass is 9.79. The van der Waals surface area contributed by atoms with Gasteiger partial charge in [-0.2, -0.15) is 0 Å². The lowest BCUT2D eigenvalue weighted by Gasteiger charge is -2.38. The molecule has 1 aromatic rings. The normalized spacial score (nSPS) is 26.8. The maximum absolute atomic E-state index is 12.0. The van der Waals surface area contributed by atoms with E-state index in [0.29, 0.717) is 0 Å². The first-order valence-electron chi connectivity index (χ1n) is 7.98. The second kappa shape index (κ2) is 6.08. The van der Waals surface area contributed by atoms with Crippen molar-refractivity contribution in [3.63, 3.8) is 0 Å². The molecule has 2 fully saturated rings. The number of benzene rings is 1. The number of amides is 3. The van der Waals surface area contributed by atoms with Crippen molar-refractivity contribution in [3.05, 3.63) is 35.9 Å². The molecule has 1 atom stereocenters. The lowest BCUT2D eigenvalue weighted by Crippen LogP contribution is -2.53. The van der Waals surface area contributed by atoms with Crippen molar-refractivity contribution in [3.8, 4) is 0 Å². The van der Waals surface area contributed by atoms with Crippen molar-refractivity contribution in [1.82, 2.24) is 15.5 Å². The van der Waals surface area contributed by atoms with Crippen LogP contribution in [0.15, 0.2) is 30.3 Å². The Bertz CT molecular complexity index is 552. The maximum Gasteiger partial charge on any atom is 0.322 e. The van der Waals surface area contributed by atoms with Crippen LogP contribution in [0.4, 0.5) is 4.79 Å². The highest BCUT2D eigenvalue weighted by Gasteiger charge is 2.48. The first-order chi connectivity index (χ1) is 10.6. The van der Waals surface area contributed by atoms with Gasteiger partial charge in [-0.15, -0.1) is 0 Å². The van der Waals surface area contributed by atoms with Crippen LogP contribution in [0.5, 0.6) is 0 Å². The molecular weight excluding hydrogens is 278 g/mol. The Labute approximate surface area is 131 Å². The minimum atomic E-state index is -0.734. The van der Waals surface area contributed by atoms with Crippen LogP contribution in [-0.4, -0.2) is 42.0 Å². The van der Waals surface area contributed by atoms with Crippen molar-refractivity contribution in [2.24, 2.45) is 5.92 Å². The molecule has 2 aliphatic heterocycles. The summed E-state index contributed by atoms with van der Waals surface area (Å²) < 4.78 is 0. The van der Waals surface area contributed by atoms with Crippen molar-refractivity contribution >= 4 is 11.9 Å². The zero-order valence-electron chi connectivity index (χ0n) is 13.0. The van der Waals surface area contributed by atoms with Crippen molar-refractivity contribution in [1.29, 1.82) is 0 Å². The fraction of sp³-hybridized carbons (Fsp3) is 0.529. The van der Waals surface area contributed by atoms with Gasteiger partial charge in [-0.05, 0) is 50.8 Å². The van der Waals surface area contributed by atoms with Gasteiger partial charge in [-0.25, -0.2) is 4.79 Å². The molecule has 0 aliphatic carbocycles. The van der Waals surface area contributed by atoms with Crippen molar-refractivity contribution in [2.45, 2.75) is 31.7 Å². The van der Waals surface area contributed by atoms with Gasteiger partial charge in [0, 0.05) is 6.54 Å². The average molecular weight is 301 g/mol. The van der Waals surface area contributed by atoms with Crippen LogP contribution in [-0.2, 0) is 11.2 Å².